The van der Waals surface area contributed by atoms with E-state index in [1.807, 2.05) is 0 Å². The lowest BCUT2D eigenvalue weighted by molar-refractivity contribution is 0.0364. The largest absolute Gasteiger partial charge is 0.389 e. The Labute approximate surface area is 93.5 Å². The molecule has 0 bridgehead atoms. The summed E-state index contributed by atoms with van der Waals surface area (Å²) in [5.41, 5.74) is 1.29. The standard InChI is InChI=1S/C12H25NO2/c1-4-5-8-15-10-12(14)9-13-7-6-11(2)3/h6,12-14H,4-5,7-10H2,1-3H3. The first-order valence-corrected chi connectivity index (χ1v) is 5.76. The molecular weight excluding hydrogens is 190 g/mol. The molecule has 15 heavy (non-hydrogen) atoms. The van der Waals surface area contributed by atoms with Crippen LogP contribution in [0.3, 0.4) is 0 Å². The molecule has 0 amide bonds. The van der Waals surface area contributed by atoms with Gasteiger partial charge in [0, 0.05) is 19.7 Å². The van der Waals surface area contributed by atoms with E-state index in [1.54, 1.807) is 0 Å². The molecule has 0 aliphatic carbocycles. The quantitative estimate of drug-likeness (QED) is 0.454. The fourth-order valence-electron chi connectivity index (χ4n) is 1.05. The van der Waals surface area contributed by atoms with Gasteiger partial charge < -0.3 is 15.2 Å². The zero-order valence-corrected chi connectivity index (χ0v) is 10.3. The minimum Gasteiger partial charge on any atom is -0.389 e. The van der Waals surface area contributed by atoms with Gasteiger partial charge in [-0.25, -0.2) is 0 Å². The third kappa shape index (κ3) is 11.5. The van der Waals surface area contributed by atoms with Gasteiger partial charge >= 0.3 is 0 Å². The highest BCUT2D eigenvalue weighted by molar-refractivity contribution is 4.94. The van der Waals surface area contributed by atoms with E-state index in [1.165, 1.54) is 5.57 Å². The maximum Gasteiger partial charge on any atom is 0.0897 e. The molecule has 0 aromatic carbocycles. The number of unbranched alkanes of at least 4 members (excludes halogenated alkanes) is 1. The summed E-state index contributed by atoms with van der Waals surface area (Å²) in [7, 11) is 0. The second-order valence-corrected chi connectivity index (χ2v) is 4.02. The smallest absolute Gasteiger partial charge is 0.0897 e. The Hall–Kier alpha value is -0.380. The fraction of sp³-hybridized carbons (Fsp3) is 0.833. The SMILES string of the molecule is CCCCOCC(O)CNCC=C(C)C. The summed E-state index contributed by atoms with van der Waals surface area (Å²) >= 11 is 0. The van der Waals surface area contributed by atoms with Crippen LogP contribution in [0.25, 0.3) is 0 Å². The molecule has 3 heteroatoms. The van der Waals surface area contributed by atoms with Crippen LogP contribution < -0.4 is 5.32 Å². The molecule has 0 saturated heterocycles. The summed E-state index contributed by atoms with van der Waals surface area (Å²) in [6.45, 7) is 8.84. The number of ether oxygens (including phenoxy) is 1. The predicted octanol–water partition coefficient (Wildman–Crippen LogP) is 1.72. The minimum atomic E-state index is -0.396. The molecule has 0 spiro atoms. The zero-order chi connectivity index (χ0) is 11.5. The molecule has 0 aromatic rings. The zero-order valence-electron chi connectivity index (χ0n) is 10.3. The van der Waals surface area contributed by atoms with Gasteiger partial charge in [0.2, 0.25) is 0 Å². The average Bonchev–Trinajstić information content (AvgIpc) is 2.19. The van der Waals surface area contributed by atoms with Gasteiger partial charge in [-0.2, -0.15) is 0 Å². The van der Waals surface area contributed by atoms with Crippen molar-refractivity contribution in [2.45, 2.75) is 39.7 Å². The van der Waals surface area contributed by atoms with Crippen LogP contribution in [0.5, 0.6) is 0 Å². The van der Waals surface area contributed by atoms with E-state index in [4.69, 9.17) is 4.74 Å². The predicted molar refractivity (Wildman–Crippen MR) is 64.0 cm³/mol. The third-order valence-electron chi connectivity index (χ3n) is 1.99. The number of allylic oxidation sites excluding steroid dienone is 1. The van der Waals surface area contributed by atoms with Gasteiger partial charge in [-0.05, 0) is 20.3 Å². The summed E-state index contributed by atoms with van der Waals surface area (Å²) < 4.78 is 5.31. The van der Waals surface area contributed by atoms with Crippen molar-refractivity contribution < 1.29 is 9.84 Å². The van der Waals surface area contributed by atoms with Crippen LogP contribution in [0, 0.1) is 0 Å². The summed E-state index contributed by atoms with van der Waals surface area (Å²) in [6, 6.07) is 0. The van der Waals surface area contributed by atoms with Crippen molar-refractivity contribution in [3.05, 3.63) is 11.6 Å². The van der Waals surface area contributed by atoms with Crippen molar-refractivity contribution in [2.75, 3.05) is 26.3 Å². The molecule has 0 saturated carbocycles. The Kier molecular flexibility index (Phi) is 9.89. The van der Waals surface area contributed by atoms with Crippen molar-refractivity contribution in [2.24, 2.45) is 0 Å². The van der Waals surface area contributed by atoms with Gasteiger partial charge in [0.25, 0.3) is 0 Å². The summed E-state index contributed by atoms with van der Waals surface area (Å²) in [5.74, 6) is 0. The second-order valence-electron chi connectivity index (χ2n) is 4.02. The first-order valence-electron chi connectivity index (χ1n) is 5.76. The second kappa shape index (κ2) is 10.1. The highest BCUT2D eigenvalue weighted by atomic mass is 16.5. The summed E-state index contributed by atoms with van der Waals surface area (Å²) in [6.07, 6.45) is 3.91. The molecule has 0 aromatic heterocycles. The molecule has 0 aliphatic heterocycles. The van der Waals surface area contributed by atoms with E-state index in [9.17, 15) is 5.11 Å². The Morgan fingerprint density at radius 1 is 1.47 bits per heavy atom. The Balaban J connectivity index is 3.25. The van der Waals surface area contributed by atoms with Crippen LogP contribution in [0.2, 0.25) is 0 Å². The fourth-order valence-corrected chi connectivity index (χ4v) is 1.05. The highest BCUT2D eigenvalue weighted by Gasteiger charge is 2.02. The van der Waals surface area contributed by atoms with Gasteiger partial charge in [0.15, 0.2) is 0 Å². The molecule has 0 radical (unpaired) electrons. The maximum absolute atomic E-state index is 9.51. The normalized spacial score (nSPS) is 12.5. The number of hydrogen-bond donors (Lipinski definition) is 2. The maximum atomic E-state index is 9.51. The van der Waals surface area contributed by atoms with E-state index in [0.717, 1.165) is 26.0 Å². The number of aliphatic hydroxyl groups excluding tert-OH is 1. The lowest BCUT2D eigenvalue weighted by atomic mass is 10.3. The molecule has 0 fully saturated rings. The molecule has 0 aliphatic rings. The lowest BCUT2D eigenvalue weighted by Gasteiger charge is -2.11. The average molecular weight is 215 g/mol. The van der Waals surface area contributed by atoms with E-state index in [2.05, 4.69) is 32.2 Å². The number of aliphatic hydroxyl groups is 1. The molecule has 1 atom stereocenters. The molecule has 0 rings (SSSR count). The van der Waals surface area contributed by atoms with Crippen LogP contribution in [0.15, 0.2) is 11.6 Å². The number of hydrogen-bond acceptors (Lipinski definition) is 3. The van der Waals surface area contributed by atoms with Crippen molar-refractivity contribution in [1.29, 1.82) is 0 Å². The lowest BCUT2D eigenvalue weighted by Crippen LogP contribution is -2.30. The van der Waals surface area contributed by atoms with Crippen LogP contribution in [0.4, 0.5) is 0 Å². The molecule has 90 valence electrons. The van der Waals surface area contributed by atoms with E-state index >= 15 is 0 Å². The Morgan fingerprint density at radius 2 is 2.20 bits per heavy atom. The van der Waals surface area contributed by atoms with Crippen LogP contribution in [-0.2, 0) is 4.74 Å². The number of rotatable bonds is 9. The Bertz CT molecular complexity index is 165. The van der Waals surface area contributed by atoms with Crippen LogP contribution >= 0.6 is 0 Å². The molecule has 0 heterocycles. The van der Waals surface area contributed by atoms with Crippen molar-refractivity contribution >= 4 is 0 Å². The van der Waals surface area contributed by atoms with E-state index in [-0.39, 0.29) is 0 Å². The first kappa shape index (κ1) is 14.6. The number of nitrogens with one attached hydrogen (secondary N) is 1. The molecule has 2 N–H and O–H groups in total. The van der Waals surface area contributed by atoms with E-state index in [0.29, 0.717) is 13.2 Å². The topological polar surface area (TPSA) is 41.5 Å². The van der Waals surface area contributed by atoms with Gasteiger partial charge in [-0.15, -0.1) is 0 Å². The van der Waals surface area contributed by atoms with Crippen molar-refractivity contribution in [3.63, 3.8) is 0 Å². The molecule has 3 nitrogen and oxygen atoms in total. The molecular formula is C12H25NO2. The van der Waals surface area contributed by atoms with Crippen molar-refractivity contribution in [3.8, 4) is 0 Å². The van der Waals surface area contributed by atoms with Crippen LogP contribution in [-0.4, -0.2) is 37.5 Å². The monoisotopic (exact) mass is 215 g/mol. The van der Waals surface area contributed by atoms with Gasteiger partial charge in [0.05, 0.1) is 12.7 Å². The van der Waals surface area contributed by atoms with Gasteiger partial charge in [-0.1, -0.05) is 25.0 Å². The summed E-state index contributed by atoms with van der Waals surface area (Å²) in [4.78, 5) is 0. The first-order chi connectivity index (χ1) is 7.16. The van der Waals surface area contributed by atoms with Crippen LogP contribution in [0.1, 0.15) is 33.6 Å². The van der Waals surface area contributed by atoms with E-state index < -0.39 is 6.10 Å². The highest BCUT2D eigenvalue weighted by Crippen LogP contribution is 1.90. The molecule has 1 unspecified atom stereocenters. The van der Waals surface area contributed by atoms with Gasteiger partial charge in [-0.3, -0.25) is 0 Å². The van der Waals surface area contributed by atoms with Gasteiger partial charge in [0.1, 0.15) is 0 Å². The van der Waals surface area contributed by atoms with Crippen molar-refractivity contribution in [1.82, 2.24) is 5.32 Å². The summed E-state index contributed by atoms with van der Waals surface area (Å²) in [5, 5.41) is 12.7. The minimum absolute atomic E-state index is 0.396. The third-order valence-corrected chi connectivity index (χ3v) is 1.99. The Morgan fingerprint density at radius 3 is 2.80 bits per heavy atom.